The highest BCUT2D eigenvalue weighted by Crippen LogP contribution is 2.24. The minimum Gasteiger partial charge on any atom is -0.316 e. The van der Waals surface area contributed by atoms with E-state index in [2.05, 4.69) is 10.2 Å². The first-order chi connectivity index (χ1) is 6.95. The molecule has 0 aromatic heterocycles. The lowest BCUT2D eigenvalue weighted by molar-refractivity contribution is 0.292. The number of likely N-dealkylation sites (tertiary alicyclic amines) is 1. The number of nitrogens with one attached hydrogen (secondary N) is 1. The SMILES string of the molecule is C1CC(CNCCCN2CCCC2)C1. The summed E-state index contributed by atoms with van der Waals surface area (Å²) in [4.78, 5) is 2.60. The molecule has 1 heterocycles. The van der Waals surface area contributed by atoms with Gasteiger partial charge in [-0.1, -0.05) is 6.42 Å². The summed E-state index contributed by atoms with van der Waals surface area (Å²) in [6.45, 7) is 6.52. The summed E-state index contributed by atoms with van der Waals surface area (Å²) >= 11 is 0. The second-order valence-corrected chi connectivity index (χ2v) is 4.90. The van der Waals surface area contributed by atoms with Crippen LogP contribution < -0.4 is 5.32 Å². The van der Waals surface area contributed by atoms with Crippen LogP contribution in [0.4, 0.5) is 0 Å². The van der Waals surface area contributed by atoms with Gasteiger partial charge in [-0.25, -0.2) is 0 Å². The molecule has 14 heavy (non-hydrogen) atoms. The van der Waals surface area contributed by atoms with Gasteiger partial charge in [-0.15, -0.1) is 0 Å². The molecule has 1 N–H and O–H groups in total. The van der Waals surface area contributed by atoms with Gasteiger partial charge < -0.3 is 10.2 Å². The Balaban J connectivity index is 1.39. The Hall–Kier alpha value is -0.0800. The highest BCUT2D eigenvalue weighted by molar-refractivity contribution is 4.72. The average molecular weight is 196 g/mol. The molecule has 0 aromatic carbocycles. The molecule has 1 aliphatic carbocycles. The molecule has 0 atom stereocenters. The average Bonchev–Trinajstić information content (AvgIpc) is 2.60. The smallest absolute Gasteiger partial charge is 0.000664 e. The van der Waals surface area contributed by atoms with E-state index in [1.807, 2.05) is 0 Å². The molecule has 0 bridgehead atoms. The first kappa shape index (κ1) is 10.4. The Labute approximate surface area is 88.1 Å². The largest absolute Gasteiger partial charge is 0.316 e. The van der Waals surface area contributed by atoms with Crippen LogP contribution in [0, 0.1) is 5.92 Å². The van der Waals surface area contributed by atoms with Crippen LogP contribution in [0.5, 0.6) is 0 Å². The third-order valence-electron chi connectivity index (χ3n) is 3.68. The van der Waals surface area contributed by atoms with Crippen molar-refractivity contribution in [3.05, 3.63) is 0 Å². The van der Waals surface area contributed by atoms with Gasteiger partial charge in [-0.3, -0.25) is 0 Å². The Morgan fingerprint density at radius 3 is 2.50 bits per heavy atom. The molecule has 2 nitrogen and oxygen atoms in total. The normalized spacial score (nSPS) is 24.0. The van der Waals surface area contributed by atoms with E-state index in [0.29, 0.717) is 0 Å². The first-order valence-corrected chi connectivity index (χ1v) is 6.38. The van der Waals surface area contributed by atoms with E-state index >= 15 is 0 Å². The van der Waals surface area contributed by atoms with E-state index in [9.17, 15) is 0 Å². The van der Waals surface area contributed by atoms with Crippen LogP contribution in [0.1, 0.15) is 38.5 Å². The van der Waals surface area contributed by atoms with Crippen LogP contribution in [0.25, 0.3) is 0 Å². The highest BCUT2D eigenvalue weighted by Gasteiger charge is 2.16. The molecule has 2 aliphatic rings. The van der Waals surface area contributed by atoms with Crippen molar-refractivity contribution in [3.63, 3.8) is 0 Å². The Morgan fingerprint density at radius 2 is 1.86 bits per heavy atom. The Morgan fingerprint density at radius 1 is 1.07 bits per heavy atom. The minimum atomic E-state index is 1.02. The van der Waals surface area contributed by atoms with Crippen molar-refractivity contribution in [2.24, 2.45) is 5.92 Å². The molecular formula is C12H24N2. The lowest BCUT2D eigenvalue weighted by Crippen LogP contribution is -2.30. The number of rotatable bonds is 6. The van der Waals surface area contributed by atoms with Crippen LogP contribution in [-0.2, 0) is 0 Å². The molecule has 0 unspecified atom stereocenters. The van der Waals surface area contributed by atoms with E-state index in [-0.39, 0.29) is 0 Å². The van der Waals surface area contributed by atoms with Gasteiger partial charge in [0, 0.05) is 0 Å². The second kappa shape index (κ2) is 5.72. The molecule has 1 aliphatic heterocycles. The molecule has 1 saturated heterocycles. The van der Waals surface area contributed by atoms with E-state index in [1.165, 1.54) is 71.2 Å². The predicted molar refractivity (Wildman–Crippen MR) is 60.5 cm³/mol. The molecule has 0 radical (unpaired) electrons. The summed E-state index contributed by atoms with van der Waals surface area (Å²) in [7, 11) is 0. The third kappa shape index (κ3) is 3.25. The van der Waals surface area contributed by atoms with Gasteiger partial charge in [0.15, 0.2) is 0 Å². The number of hydrogen-bond donors (Lipinski definition) is 1. The highest BCUT2D eigenvalue weighted by atomic mass is 15.1. The Kier molecular flexibility index (Phi) is 4.26. The zero-order chi connectivity index (χ0) is 9.64. The van der Waals surface area contributed by atoms with Crippen molar-refractivity contribution in [2.45, 2.75) is 38.5 Å². The maximum Gasteiger partial charge on any atom is -0.000664 e. The van der Waals surface area contributed by atoms with Gasteiger partial charge >= 0.3 is 0 Å². The molecule has 82 valence electrons. The van der Waals surface area contributed by atoms with Crippen molar-refractivity contribution < 1.29 is 0 Å². The maximum atomic E-state index is 3.58. The van der Waals surface area contributed by atoms with E-state index < -0.39 is 0 Å². The molecule has 0 spiro atoms. The van der Waals surface area contributed by atoms with Gasteiger partial charge in [0.05, 0.1) is 0 Å². The van der Waals surface area contributed by atoms with Crippen molar-refractivity contribution in [1.29, 1.82) is 0 Å². The topological polar surface area (TPSA) is 15.3 Å². The van der Waals surface area contributed by atoms with Crippen LogP contribution in [0.15, 0.2) is 0 Å². The molecule has 0 amide bonds. The standard InChI is InChI=1S/C12H24N2/c1-2-9-14(8-1)10-4-7-13-11-12-5-3-6-12/h12-13H,1-11H2. The fraction of sp³-hybridized carbons (Fsp3) is 1.00. The fourth-order valence-corrected chi connectivity index (χ4v) is 2.44. The van der Waals surface area contributed by atoms with E-state index in [0.717, 1.165) is 5.92 Å². The van der Waals surface area contributed by atoms with Gasteiger partial charge in [-0.05, 0) is 70.7 Å². The lowest BCUT2D eigenvalue weighted by atomic mass is 9.85. The third-order valence-corrected chi connectivity index (χ3v) is 3.68. The lowest BCUT2D eigenvalue weighted by Gasteiger charge is -2.25. The Bertz CT molecular complexity index is 148. The molecule has 2 rings (SSSR count). The predicted octanol–water partition coefficient (Wildman–Crippen LogP) is 1.86. The zero-order valence-electron chi connectivity index (χ0n) is 9.30. The van der Waals surface area contributed by atoms with Gasteiger partial charge in [-0.2, -0.15) is 0 Å². The summed E-state index contributed by atoms with van der Waals surface area (Å²) < 4.78 is 0. The van der Waals surface area contributed by atoms with Crippen LogP contribution in [0.3, 0.4) is 0 Å². The number of hydrogen-bond acceptors (Lipinski definition) is 2. The molecule has 2 heteroatoms. The van der Waals surface area contributed by atoms with Gasteiger partial charge in [0.1, 0.15) is 0 Å². The van der Waals surface area contributed by atoms with Crippen molar-refractivity contribution in [3.8, 4) is 0 Å². The molecular weight excluding hydrogens is 172 g/mol. The minimum absolute atomic E-state index is 1.02. The van der Waals surface area contributed by atoms with Crippen LogP contribution in [0.2, 0.25) is 0 Å². The van der Waals surface area contributed by atoms with E-state index in [1.54, 1.807) is 0 Å². The summed E-state index contributed by atoms with van der Waals surface area (Å²) in [5.41, 5.74) is 0. The fourth-order valence-electron chi connectivity index (χ4n) is 2.44. The first-order valence-electron chi connectivity index (χ1n) is 6.38. The summed E-state index contributed by atoms with van der Waals surface area (Å²) in [5.74, 6) is 1.02. The quantitative estimate of drug-likeness (QED) is 0.652. The van der Waals surface area contributed by atoms with Crippen molar-refractivity contribution >= 4 is 0 Å². The number of nitrogens with zero attached hydrogens (tertiary/aromatic N) is 1. The van der Waals surface area contributed by atoms with Crippen LogP contribution in [-0.4, -0.2) is 37.6 Å². The zero-order valence-corrected chi connectivity index (χ0v) is 9.30. The molecule has 2 fully saturated rings. The van der Waals surface area contributed by atoms with Crippen molar-refractivity contribution in [2.75, 3.05) is 32.7 Å². The summed E-state index contributed by atoms with van der Waals surface area (Å²) in [5, 5.41) is 3.58. The van der Waals surface area contributed by atoms with Gasteiger partial charge in [0.2, 0.25) is 0 Å². The van der Waals surface area contributed by atoms with Crippen molar-refractivity contribution in [1.82, 2.24) is 10.2 Å². The van der Waals surface area contributed by atoms with Gasteiger partial charge in [0.25, 0.3) is 0 Å². The summed E-state index contributed by atoms with van der Waals surface area (Å²) in [6.07, 6.45) is 8.61. The molecule has 0 aromatic rings. The maximum absolute atomic E-state index is 3.58. The van der Waals surface area contributed by atoms with Crippen LogP contribution >= 0.6 is 0 Å². The monoisotopic (exact) mass is 196 g/mol. The second-order valence-electron chi connectivity index (χ2n) is 4.90. The van der Waals surface area contributed by atoms with E-state index in [4.69, 9.17) is 0 Å². The summed E-state index contributed by atoms with van der Waals surface area (Å²) in [6, 6.07) is 0. The molecule has 1 saturated carbocycles.